The molecule has 0 atom stereocenters. The van der Waals surface area contributed by atoms with E-state index in [4.69, 9.17) is 0 Å². The van der Waals surface area contributed by atoms with E-state index in [1.165, 1.54) is 5.57 Å². The lowest BCUT2D eigenvalue weighted by atomic mass is 9.93. The van der Waals surface area contributed by atoms with Gasteiger partial charge in [0.25, 0.3) is 0 Å². The van der Waals surface area contributed by atoms with Crippen molar-refractivity contribution in [3.05, 3.63) is 65.2 Å². The molecular formula is C18H21NO2. The molecule has 2 aromatic rings. The van der Waals surface area contributed by atoms with Gasteiger partial charge >= 0.3 is 0 Å². The van der Waals surface area contributed by atoms with Crippen molar-refractivity contribution in [2.45, 2.75) is 6.92 Å². The molecule has 0 radical (unpaired) electrons. The Morgan fingerprint density at radius 1 is 0.905 bits per heavy atom. The van der Waals surface area contributed by atoms with Gasteiger partial charge in [-0.3, -0.25) is 0 Å². The Morgan fingerprint density at radius 2 is 1.38 bits per heavy atom. The van der Waals surface area contributed by atoms with Crippen LogP contribution in [0.3, 0.4) is 0 Å². The van der Waals surface area contributed by atoms with Crippen LogP contribution in [0.1, 0.15) is 18.1 Å². The van der Waals surface area contributed by atoms with Crippen molar-refractivity contribution in [1.29, 1.82) is 0 Å². The summed E-state index contributed by atoms with van der Waals surface area (Å²) in [6.45, 7) is 2.88. The number of phenolic OH excluding ortho intramolecular Hbond substituents is 2. The van der Waals surface area contributed by atoms with Crippen molar-refractivity contribution in [1.82, 2.24) is 4.90 Å². The highest BCUT2D eigenvalue weighted by Crippen LogP contribution is 2.30. The first-order valence-electron chi connectivity index (χ1n) is 6.90. The van der Waals surface area contributed by atoms with Gasteiger partial charge in [-0.1, -0.05) is 29.8 Å². The quantitative estimate of drug-likeness (QED) is 0.903. The van der Waals surface area contributed by atoms with Gasteiger partial charge in [0.2, 0.25) is 0 Å². The highest BCUT2D eigenvalue weighted by Gasteiger charge is 2.11. The van der Waals surface area contributed by atoms with E-state index in [2.05, 4.69) is 11.8 Å². The van der Waals surface area contributed by atoms with Gasteiger partial charge in [0.1, 0.15) is 11.5 Å². The molecule has 3 nitrogen and oxygen atoms in total. The lowest BCUT2D eigenvalue weighted by Crippen LogP contribution is -2.15. The molecule has 110 valence electrons. The molecule has 2 rings (SSSR count). The molecule has 0 aliphatic carbocycles. The summed E-state index contributed by atoms with van der Waals surface area (Å²) in [5.41, 5.74) is 4.10. The van der Waals surface area contributed by atoms with Gasteiger partial charge in [0, 0.05) is 6.54 Å². The maximum absolute atomic E-state index is 9.74. The Balaban J connectivity index is 2.60. The SMILES string of the molecule is CC(CN(C)C)=C(c1cccc(O)c1)c1cccc(O)c1. The van der Waals surface area contributed by atoms with Gasteiger partial charge in [-0.15, -0.1) is 0 Å². The van der Waals surface area contributed by atoms with Crippen molar-refractivity contribution in [3.8, 4) is 11.5 Å². The average Bonchev–Trinajstić information content (AvgIpc) is 2.38. The summed E-state index contributed by atoms with van der Waals surface area (Å²) in [7, 11) is 4.04. The minimum atomic E-state index is 0.239. The Hall–Kier alpha value is -2.26. The van der Waals surface area contributed by atoms with Crippen molar-refractivity contribution in [2.75, 3.05) is 20.6 Å². The molecule has 0 unspecified atom stereocenters. The van der Waals surface area contributed by atoms with E-state index >= 15 is 0 Å². The van der Waals surface area contributed by atoms with Crippen LogP contribution in [0.4, 0.5) is 0 Å². The molecule has 0 amide bonds. The predicted molar refractivity (Wildman–Crippen MR) is 86.5 cm³/mol. The summed E-state index contributed by atoms with van der Waals surface area (Å²) in [6.07, 6.45) is 0. The van der Waals surface area contributed by atoms with Crippen LogP contribution >= 0.6 is 0 Å². The smallest absolute Gasteiger partial charge is 0.116 e. The minimum Gasteiger partial charge on any atom is -0.508 e. The number of hydrogen-bond acceptors (Lipinski definition) is 3. The van der Waals surface area contributed by atoms with E-state index < -0.39 is 0 Å². The molecule has 2 aromatic carbocycles. The Labute approximate surface area is 125 Å². The monoisotopic (exact) mass is 283 g/mol. The molecule has 0 spiro atoms. The van der Waals surface area contributed by atoms with E-state index in [0.717, 1.165) is 23.2 Å². The molecule has 0 aliphatic rings. The number of nitrogens with zero attached hydrogens (tertiary/aromatic N) is 1. The molecule has 0 bridgehead atoms. The third-order valence-electron chi connectivity index (χ3n) is 3.25. The zero-order valence-electron chi connectivity index (χ0n) is 12.7. The lowest BCUT2D eigenvalue weighted by Gasteiger charge is -2.17. The van der Waals surface area contributed by atoms with Gasteiger partial charge in [-0.2, -0.15) is 0 Å². The zero-order valence-corrected chi connectivity index (χ0v) is 12.7. The summed E-state index contributed by atoms with van der Waals surface area (Å²) in [4.78, 5) is 2.10. The number of hydrogen-bond donors (Lipinski definition) is 2. The Morgan fingerprint density at radius 3 is 1.76 bits per heavy atom. The van der Waals surface area contributed by atoms with Crippen molar-refractivity contribution in [3.63, 3.8) is 0 Å². The maximum atomic E-state index is 9.74. The second-order valence-corrected chi connectivity index (χ2v) is 5.49. The highest BCUT2D eigenvalue weighted by molar-refractivity contribution is 5.83. The van der Waals surface area contributed by atoms with Crippen LogP contribution in [0, 0.1) is 0 Å². The molecule has 0 aromatic heterocycles. The van der Waals surface area contributed by atoms with E-state index in [0.29, 0.717) is 0 Å². The van der Waals surface area contributed by atoms with Crippen LogP contribution < -0.4 is 0 Å². The minimum absolute atomic E-state index is 0.239. The van der Waals surface area contributed by atoms with Crippen molar-refractivity contribution >= 4 is 5.57 Å². The number of phenols is 2. The number of benzene rings is 2. The van der Waals surface area contributed by atoms with E-state index in [-0.39, 0.29) is 11.5 Å². The van der Waals surface area contributed by atoms with Crippen LogP contribution in [0.15, 0.2) is 54.1 Å². The fourth-order valence-electron chi connectivity index (χ4n) is 2.54. The first-order valence-corrected chi connectivity index (χ1v) is 6.90. The van der Waals surface area contributed by atoms with Crippen LogP contribution in [0.25, 0.3) is 5.57 Å². The maximum Gasteiger partial charge on any atom is 0.116 e. The second-order valence-electron chi connectivity index (χ2n) is 5.49. The van der Waals surface area contributed by atoms with Gasteiger partial charge < -0.3 is 15.1 Å². The summed E-state index contributed by atoms with van der Waals surface area (Å²) >= 11 is 0. The van der Waals surface area contributed by atoms with Gasteiger partial charge in [0.15, 0.2) is 0 Å². The van der Waals surface area contributed by atoms with Crippen LogP contribution in [0.5, 0.6) is 11.5 Å². The topological polar surface area (TPSA) is 43.7 Å². The van der Waals surface area contributed by atoms with Gasteiger partial charge in [-0.05, 0) is 62.0 Å². The number of rotatable bonds is 4. The third-order valence-corrected chi connectivity index (χ3v) is 3.25. The molecule has 2 N–H and O–H groups in total. The highest BCUT2D eigenvalue weighted by atomic mass is 16.3. The fourth-order valence-corrected chi connectivity index (χ4v) is 2.54. The van der Waals surface area contributed by atoms with Crippen LogP contribution in [-0.2, 0) is 0 Å². The van der Waals surface area contributed by atoms with Crippen LogP contribution in [0.2, 0.25) is 0 Å². The molecular weight excluding hydrogens is 262 g/mol. The molecule has 0 heterocycles. The van der Waals surface area contributed by atoms with Crippen molar-refractivity contribution in [2.24, 2.45) is 0 Å². The van der Waals surface area contributed by atoms with E-state index in [9.17, 15) is 10.2 Å². The number of aromatic hydroxyl groups is 2. The first kappa shape index (κ1) is 15.1. The molecule has 3 heteroatoms. The Kier molecular flexibility index (Phi) is 4.66. The standard InChI is InChI=1S/C18H21NO2/c1-13(12-19(2)3)18(14-6-4-8-16(20)10-14)15-7-5-9-17(21)11-15/h4-11,20-21H,12H2,1-3H3. The second kappa shape index (κ2) is 6.46. The summed E-state index contributed by atoms with van der Waals surface area (Å²) in [5, 5.41) is 19.5. The number of likely N-dealkylation sites (N-methyl/N-ethyl adjacent to an activating group) is 1. The zero-order chi connectivity index (χ0) is 15.4. The normalized spacial score (nSPS) is 10.7. The largest absolute Gasteiger partial charge is 0.508 e. The third kappa shape index (κ3) is 3.86. The molecule has 0 saturated heterocycles. The average molecular weight is 283 g/mol. The molecule has 0 fully saturated rings. The van der Waals surface area contributed by atoms with Crippen LogP contribution in [-0.4, -0.2) is 35.8 Å². The first-order chi connectivity index (χ1) is 9.97. The molecule has 21 heavy (non-hydrogen) atoms. The molecule has 0 aliphatic heterocycles. The summed E-state index contributed by atoms with van der Waals surface area (Å²) in [5.74, 6) is 0.477. The fraction of sp³-hybridized carbons (Fsp3) is 0.222. The van der Waals surface area contributed by atoms with Gasteiger partial charge in [0.05, 0.1) is 0 Å². The van der Waals surface area contributed by atoms with E-state index in [1.54, 1.807) is 24.3 Å². The summed E-state index contributed by atoms with van der Waals surface area (Å²) in [6, 6.07) is 14.4. The molecule has 0 saturated carbocycles. The van der Waals surface area contributed by atoms with E-state index in [1.807, 2.05) is 38.4 Å². The van der Waals surface area contributed by atoms with Crippen molar-refractivity contribution < 1.29 is 10.2 Å². The lowest BCUT2D eigenvalue weighted by molar-refractivity contribution is 0.446. The predicted octanol–water partition coefficient (Wildman–Crippen LogP) is 3.48. The van der Waals surface area contributed by atoms with Gasteiger partial charge in [-0.25, -0.2) is 0 Å². The summed E-state index contributed by atoms with van der Waals surface area (Å²) < 4.78 is 0. The Bertz CT molecular complexity index is 612.